The Morgan fingerprint density at radius 3 is 2.92 bits per heavy atom. The SMILES string of the molecule is O=Cc1cccnc1C1OCCO1. The zero-order valence-electron chi connectivity index (χ0n) is 6.97. The van der Waals surface area contributed by atoms with Crippen LogP contribution in [0.15, 0.2) is 18.3 Å². The molecule has 0 atom stereocenters. The van der Waals surface area contributed by atoms with Crippen LogP contribution in [0.3, 0.4) is 0 Å². The summed E-state index contributed by atoms with van der Waals surface area (Å²) >= 11 is 0. The van der Waals surface area contributed by atoms with Gasteiger partial charge in [-0.05, 0) is 12.1 Å². The second-order valence-electron chi connectivity index (χ2n) is 2.67. The summed E-state index contributed by atoms with van der Waals surface area (Å²) in [6.45, 7) is 1.11. The number of aromatic nitrogens is 1. The Bertz CT molecular complexity index is 307. The highest BCUT2D eigenvalue weighted by atomic mass is 16.7. The molecule has 1 aliphatic rings. The molecule has 68 valence electrons. The van der Waals surface area contributed by atoms with Gasteiger partial charge in [-0.2, -0.15) is 0 Å². The van der Waals surface area contributed by atoms with Crippen molar-refractivity contribution < 1.29 is 14.3 Å². The minimum absolute atomic E-state index is 0.471. The molecule has 1 fully saturated rings. The lowest BCUT2D eigenvalue weighted by Gasteiger charge is -2.09. The van der Waals surface area contributed by atoms with Gasteiger partial charge >= 0.3 is 0 Å². The van der Waals surface area contributed by atoms with Gasteiger partial charge in [0.05, 0.1) is 13.2 Å². The fourth-order valence-electron chi connectivity index (χ4n) is 1.24. The molecule has 0 spiro atoms. The molecule has 2 rings (SSSR count). The Hall–Kier alpha value is -1.26. The lowest BCUT2D eigenvalue weighted by atomic mass is 10.2. The van der Waals surface area contributed by atoms with E-state index in [1.165, 1.54) is 0 Å². The predicted molar refractivity (Wildman–Crippen MR) is 44.3 cm³/mol. The zero-order valence-corrected chi connectivity index (χ0v) is 6.97. The smallest absolute Gasteiger partial charge is 0.201 e. The van der Waals surface area contributed by atoms with Crippen LogP contribution >= 0.6 is 0 Å². The normalized spacial score (nSPS) is 17.5. The first-order valence-electron chi connectivity index (χ1n) is 4.05. The summed E-state index contributed by atoms with van der Waals surface area (Å²) in [6.07, 6.45) is 1.90. The Morgan fingerprint density at radius 1 is 1.46 bits per heavy atom. The van der Waals surface area contributed by atoms with Crippen molar-refractivity contribution in [3.63, 3.8) is 0 Å². The molecule has 13 heavy (non-hydrogen) atoms. The van der Waals surface area contributed by atoms with Gasteiger partial charge in [0, 0.05) is 11.8 Å². The van der Waals surface area contributed by atoms with E-state index < -0.39 is 6.29 Å². The molecule has 1 saturated heterocycles. The van der Waals surface area contributed by atoms with Crippen LogP contribution in [-0.4, -0.2) is 24.5 Å². The van der Waals surface area contributed by atoms with Gasteiger partial charge in [-0.1, -0.05) is 0 Å². The number of pyridine rings is 1. The van der Waals surface area contributed by atoms with E-state index in [1.807, 2.05) is 0 Å². The van der Waals surface area contributed by atoms with Gasteiger partial charge in [-0.3, -0.25) is 9.78 Å². The lowest BCUT2D eigenvalue weighted by Crippen LogP contribution is -2.04. The standard InChI is InChI=1S/C9H9NO3/c11-6-7-2-1-3-10-8(7)9-12-4-5-13-9/h1-3,6,9H,4-5H2. The second kappa shape index (κ2) is 3.64. The number of ether oxygens (including phenoxy) is 2. The molecule has 0 aliphatic carbocycles. The molecular weight excluding hydrogens is 170 g/mol. The highest BCUT2D eigenvalue weighted by Crippen LogP contribution is 2.23. The van der Waals surface area contributed by atoms with Gasteiger partial charge < -0.3 is 9.47 Å². The number of nitrogens with zero attached hydrogens (tertiary/aromatic N) is 1. The van der Waals surface area contributed by atoms with Crippen molar-refractivity contribution in [1.82, 2.24) is 4.98 Å². The minimum atomic E-state index is -0.471. The van der Waals surface area contributed by atoms with E-state index in [-0.39, 0.29) is 0 Å². The third kappa shape index (κ3) is 1.59. The zero-order chi connectivity index (χ0) is 9.10. The minimum Gasteiger partial charge on any atom is -0.345 e. The summed E-state index contributed by atoms with van der Waals surface area (Å²) in [7, 11) is 0. The first-order valence-corrected chi connectivity index (χ1v) is 4.05. The highest BCUT2D eigenvalue weighted by Gasteiger charge is 2.21. The largest absolute Gasteiger partial charge is 0.345 e. The lowest BCUT2D eigenvalue weighted by molar-refractivity contribution is -0.0476. The molecule has 4 heteroatoms. The van der Waals surface area contributed by atoms with E-state index in [2.05, 4.69) is 4.98 Å². The molecule has 0 bridgehead atoms. The summed E-state index contributed by atoms with van der Waals surface area (Å²) < 4.78 is 10.5. The van der Waals surface area contributed by atoms with Gasteiger partial charge in [-0.25, -0.2) is 0 Å². The Labute approximate surface area is 75.5 Å². The maximum absolute atomic E-state index is 10.6. The van der Waals surface area contributed by atoms with Crippen molar-refractivity contribution in [2.75, 3.05) is 13.2 Å². The van der Waals surface area contributed by atoms with E-state index >= 15 is 0 Å². The van der Waals surface area contributed by atoms with Crippen LogP contribution in [0.1, 0.15) is 22.3 Å². The molecule has 0 unspecified atom stereocenters. The molecule has 1 aromatic heterocycles. The van der Waals surface area contributed by atoms with Crippen LogP contribution in [0, 0.1) is 0 Å². The predicted octanol–water partition coefficient (Wildman–Crippen LogP) is 0.940. The van der Waals surface area contributed by atoms with Crippen LogP contribution < -0.4 is 0 Å². The summed E-state index contributed by atoms with van der Waals surface area (Å²) in [6, 6.07) is 3.41. The van der Waals surface area contributed by atoms with Crippen LogP contribution in [0.5, 0.6) is 0 Å². The van der Waals surface area contributed by atoms with Gasteiger partial charge in [-0.15, -0.1) is 0 Å². The third-order valence-corrected chi connectivity index (χ3v) is 1.84. The van der Waals surface area contributed by atoms with Crippen molar-refractivity contribution in [1.29, 1.82) is 0 Å². The van der Waals surface area contributed by atoms with E-state index in [0.29, 0.717) is 24.5 Å². The third-order valence-electron chi connectivity index (χ3n) is 1.84. The molecule has 2 heterocycles. The molecule has 0 amide bonds. The topological polar surface area (TPSA) is 48.4 Å². The summed E-state index contributed by atoms with van der Waals surface area (Å²) in [4.78, 5) is 14.7. The number of hydrogen-bond acceptors (Lipinski definition) is 4. The fourth-order valence-corrected chi connectivity index (χ4v) is 1.24. The number of carbonyl (C=O) groups excluding carboxylic acids is 1. The van der Waals surface area contributed by atoms with Crippen molar-refractivity contribution in [2.24, 2.45) is 0 Å². The maximum atomic E-state index is 10.6. The quantitative estimate of drug-likeness (QED) is 0.634. The molecule has 4 nitrogen and oxygen atoms in total. The summed E-state index contributed by atoms with van der Waals surface area (Å²) in [5, 5.41) is 0. The van der Waals surface area contributed by atoms with Crippen molar-refractivity contribution in [2.45, 2.75) is 6.29 Å². The van der Waals surface area contributed by atoms with E-state index in [9.17, 15) is 4.79 Å². The van der Waals surface area contributed by atoms with E-state index in [0.717, 1.165) is 6.29 Å². The van der Waals surface area contributed by atoms with Gasteiger partial charge in [0.1, 0.15) is 5.69 Å². The monoisotopic (exact) mass is 179 g/mol. The average molecular weight is 179 g/mol. The van der Waals surface area contributed by atoms with Gasteiger partial charge in [0.15, 0.2) is 6.29 Å². The van der Waals surface area contributed by atoms with Gasteiger partial charge in [0.2, 0.25) is 6.29 Å². The van der Waals surface area contributed by atoms with E-state index in [4.69, 9.17) is 9.47 Å². The Balaban J connectivity index is 2.31. The molecule has 1 aromatic rings. The Kier molecular flexibility index (Phi) is 2.33. The number of rotatable bonds is 2. The molecule has 0 radical (unpaired) electrons. The fraction of sp³-hybridized carbons (Fsp3) is 0.333. The average Bonchev–Trinajstić information content (AvgIpc) is 2.70. The Morgan fingerprint density at radius 2 is 2.23 bits per heavy atom. The van der Waals surface area contributed by atoms with Crippen LogP contribution in [0.2, 0.25) is 0 Å². The second-order valence-corrected chi connectivity index (χ2v) is 2.67. The molecular formula is C9H9NO3. The van der Waals surface area contributed by atoms with Crippen molar-refractivity contribution in [3.8, 4) is 0 Å². The summed E-state index contributed by atoms with van der Waals surface area (Å²) in [5.41, 5.74) is 1.09. The molecule has 1 aliphatic heterocycles. The number of hydrogen-bond donors (Lipinski definition) is 0. The number of aldehydes is 1. The van der Waals surface area contributed by atoms with Crippen LogP contribution in [0.4, 0.5) is 0 Å². The summed E-state index contributed by atoms with van der Waals surface area (Å²) in [5.74, 6) is 0. The van der Waals surface area contributed by atoms with Crippen molar-refractivity contribution in [3.05, 3.63) is 29.6 Å². The van der Waals surface area contributed by atoms with Crippen molar-refractivity contribution >= 4 is 6.29 Å². The molecule has 0 saturated carbocycles. The molecule has 0 N–H and O–H groups in total. The first kappa shape index (κ1) is 8.34. The van der Waals surface area contributed by atoms with Crippen LogP contribution in [-0.2, 0) is 9.47 Å². The first-order chi connectivity index (χ1) is 6.42. The van der Waals surface area contributed by atoms with E-state index in [1.54, 1.807) is 18.3 Å². The maximum Gasteiger partial charge on any atom is 0.201 e. The van der Waals surface area contributed by atoms with Crippen LogP contribution in [0.25, 0.3) is 0 Å². The van der Waals surface area contributed by atoms with Gasteiger partial charge in [0.25, 0.3) is 0 Å². The molecule has 0 aromatic carbocycles. The number of carbonyl (C=O) groups is 1. The highest BCUT2D eigenvalue weighted by molar-refractivity contribution is 5.76.